The van der Waals surface area contributed by atoms with Crippen molar-refractivity contribution in [2.24, 2.45) is 0 Å². The molecule has 27 heavy (non-hydrogen) atoms. The molecule has 0 fully saturated rings. The molecular weight excluding hydrogens is 354 g/mol. The number of nitrogens with one attached hydrogen (secondary N) is 2. The van der Waals surface area contributed by atoms with Gasteiger partial charge in [-0.3, -0.25) is 9.59 Å². The molecule has 2 amide bonds. The number of halogens is 2. The zero-order valence-electron chi connectivity index (χ0n) is 14.6. The van der Waals surface area contributed by atoms with E-state index in [4.69, 9.17) is 5.73 Å². The number of nitrogen functional groups attached to an aromatic ring is 1. The molecule has 142 valence electrons. The smallest absolute Gasteiger partial charge is 0.243 e. The zero-order valence-corrected chi connectivity index (χ0v) is 14.6. The van der Waals surface area contributed by atoms with Gasteiger partial charge in [-0.25, -0.2) is 8.78 Å². The molecule has 0 spiro atoms. The lowest BCUT2D eigenvalue weighted by atomic mass is 10.00. The van der Waals surface area contributed by atoms with Crippen molar-refractivity contribution in [3.63, 3.8) is 0 Å². The molecule has 1 aliphatic rings. The number of hydrogen-bond acceptors (Lipinski definition) is 4. The predicted octanol–water partition coefficient (Wildman–Crippen LogP) is 2.05. The molecule has 3 rings (SSSR count). The van der Waals surface area contributed by atoms with Crippen LogP contribution in [0.2, 0.25) is 0 Å². The van der Waals surface area contributed by atoms with Gasteiger partial charge in [0.15, 0.2) is 11.6 Å². The van der Waals surface area contributed by atoms with Crippen molar-refractivity contribution in [1.82, 2.24) is 5.32 Å². The maximum Gasteiger partial charge on any atom is 0.243 e. The van der Waals surface area contributed by atoms with Crippen LogP contribution in [0.25, 0.3) is 0 Å². The van der Waals surface area contributed by atoms with Crippen LogP contribution in [-0.2, 0) is 16.0 Å². The molecule has 6 nitrogen and oxygen atoms in total. The lowest BCUT2D eigenvalue weighted by molar-refractivity contribution is -0.123. The highest BCUT2D eigenvalue weighted by molar-refractivity contribution is 5.95. The summed E-state index contributed by atoms with van der Waals surface area (Å²) in [6, 6.07) is 8.65. The number of nitrogens with two attached hydrogens (primary N) is 1. The molecule has 0 aromatic heterocycles. The van der Waals surface area contributed by atoms with Crippen LogP contribution < -0.4 is 21.3 Å². The number of carbonyl (C=O) groups excluding carboxylic acids is 2. The van der Waals surface area contributed by atoms with Crippen LogP contribution in [-0.4, -0.2) is 31.4 Å². The topological polar surface area (TPSA) is 87.5 Å². The molecule has 2 aromatic rings. The average Bonchev–Trinajstić information content (AvgIpc) is 2.64. The lowest BCUT2D eigenvalue weighted by Gasteiger charge is -2.31. The van der Waals surface area contributed by atoms with Crippen molar-refractivity contribution >= 4 is 28.9 Å². The van der Waals surface area contributed by atoms with Crippen molar-refractivity contribution in [3.8, 4) is 0 Å². The molecule has 0 radical (unpaired) electrons. The minimum Gasteiger partial charge on any atom is -0.398 e. The van der Waals surface area contributed by atoms with E-state index in [0.717, 1.165) is 42.8 Å². The molecule has 0 aliphatic carbocycles. The van der Waals surface area contributed by atoms with Crippen molar-refractivity contribution < 1.29 is 18.4 Å². The summed E-state index contributed by atoms with van der Waals surface area (Å²) >= 11 is 0. The minimum atomic E-state index is -1.06. The van der Waals surface area contributed by atoms with Gasteiger partial charge in [-0.1, -0.05) is 6.07 Å². The maximum atomic E-state index is 13.1. The number of nitrogens with zero attached hydrogens (tertiary/aromatic N) is 1. The fraction of sp³-hybridized carbons (Fsp3) is 0.263. The van der Waals surface area contributed by atoms with E-state index in [2.05, 4.69) is 10.6 Å². The number of amides is 2. The third-order valence-corrected chi connectivity index (χ3v) is 4.37. The molecule has 4 N–H and O–H groups in total. The van der Waals surface area contributed by atoms with E-state index in [1.807, 2.05) is 23.1 Å². The molecular formula is C19H20F2N4O2. The molecule has 0 bridgehead atoms. The quantitative estimate of drug-likeness (QED) is 0.699. The summed E-state index contributed by atoms with van der Waals surface area (Å²) in [5, 5.41) is 4.93. The largest absolute Gasteiger partial charge is 0.398 e. The average molecular weight is 374 g/mol. The third kappa shape index (κ3) is 4.52. The molecule has 1 aliphatic heterocycles. The second-order valence-electron chi connectivity index (χ2n) is 6.32. The summed E-state index contributed by atoms with van der Waals surface area (Å²) in [5.74, 6) is -2.90. The van der Waals surface area contributed by atoms with Crippen LogP contribution in [0, 0.1) is 11.6 Å². The minimum absolute atomic E-state index is 0.106. The summed E-state index contributed by atoms with van der Waals surface area (Å²) < 4.78 is 26.0. The Morgan fingerprint density at radius 3 is 2.70 bits per heavy atom. The maximum absolute atomic E-state index is 13.1. The summed E-state index contributed by atoms with van der Waals surface area (Å²) in [7, 11) is 0. The summed E-state index contributed by atoms with van der Waals surface area (Å²) in [6.45, 7) is 0.565. The lowest BCUT2D eigenvalue weighted by Crippen LogP contribution is -2.42. The van der Waals surface area contributed by atoms with Crippen molar-refractivity contribution in [1.29, 1.82) is 0 Å². The molecule has 8 heteroatoms. The summed E-state index contributed by atoms with van der Waals surface area (Å²) in [6.07, 6.45) is 1.77. The van der Waals surface area contributed by atoms with E-state index in [-0.39, 0.29) is 24.7 Å². The van der Waals surface area contributed by atoms with Gasteiger partial charge in [-0.2, -0.15) is 0 Å². The summed E-state index contributed by atoms with van der Waals surface area (Å²) in [4.78, 5) is 26.0. The Balaban J connectivity index is 1.52. The number of anilines is 3. The fourth-order valence-electron chi connectivity index (χ4n) is 3.08. The van der Waals surface area contributed by atoms with Gasteiger partial charge >= 0.3 is 0 Å². The van der Waals surface area contributed by atoms with Crippen LogP contribution in [0.15, 0.2) is 36.4 Å². The Hall–Kier alpha value is -3.16. The number of rotatable bonds is 5. The van der Waals surface area contributed by atoms with Crippen molar-refractivity contribution in [2.75, 3.05) is 35.6 Å². The number of benzene rings is 2. The van der Waals surface area contributed by atoms with E-state index < -0.39 is 17.5 Å². The van der Waals surface area contributed by atoms with Gasteiger partial charge in [-0.15, -0.1) is 0 Å². The molecule has 0 saturated carbocycles. The number of carbonyl (C=O) groups is 2. The second kappa shape index (κ2) is 8.03. The Morgan fingerprint density at radius 2 is 1.93 bits per heavy atom. The molecule has 1 heterocycles. The van der Waals surface area contributed by atoms with E-state index in [0.29, 0.717) is 5.69 Å². The molecule has 0 saturated heterocycles. The van der Waals surface area contributed by atoms with Crippen LogP contribution in [0.3, 0.4) is 0 Å². The van der Waals surface area contributed by atoms with E-state index in [9.17, 15) is 18.4 Å². The van der Waals surface area contributed by atoms with Crippen LogP contribution >= 0.6 is 0 Å². The fourth-order valence-corrected chi connectivity index (χ4v) is 3.08. The molecule has 0 atom stereocenters. The van der Waals surface area contributed by atoms with Crippen molar-refractivity contribution in [3.05, 3.63) is 53.6 Å². The SMILES string of the molecule is Nc1cccc2c1CCCN2CC(=O)NCC(=O)Nc1ccc(F)c(F)c1. The Bertz CT molecular complexity index is 873. The number of hydrogen-bond donors (Lipinski definition) is 3. The highest BCUT2D eigenvalue weighted by atomic mass is 19.2. The zero-order chi connectivity index (χ0) is 19.4. The Labute approximate surface area is 155 Å². The first-order valence-corrected chi connectivity index (χ1v) is 8.58. The van der Waals surface area contributed by atoms with Gasteiger partial charge in [0, 0.05) is 29.7 Å². The second-order valence-corrected chi connectivity index (χ2v) is 6.32. The molecule has 0 unspecified atom stereocenters. The van der Waals surface area contributed by atoms with Gasteiger partial charge < -0.3 is 21.3 Å². The highest BCUT2D eigenvalue weighted by Crippen LogP contribution is 2.30. The third-order valence-electron chi connectivity index (χ3n) is 4.37. The highest BCUT2D eigenvalue weighted by Gasteiger charge is 2.20. The van der Waals surface area contributed by atoms with Gasteiger partial charge in [-0.05, 0) is 42.7 Å². The molecule has 2 aromatic carbocycles. The van der Waals surface area contributed by atoms with Crippen molar-refractivity contribution in [2.45, 2.75) is 12.8 Å². The van der Waals surface area contributed by atoms with Gasteiger partial charge in [0.1, 0.15) is 0 Å². The normalized spacial score (nSPS) is 13.0. The number of fused-ring (bicyclic) bond motifs is 1. The van der Waals surface area contributed by atoms with Crippen LogP contribution in [0.1, 0.15) is 12.0 Å². The first kappa shape index (κ1) is 18.6. The standard InChI is InChI=1S/C19H20F2N4O2/c20-14-7-6-12(9-15(14)21)24-18(26)10-23-19(27)11-25-8-2-3-13-16(22)4-1-5-17(13)25/h1,4-7,9H,2-3,8,10-11,22H2,(H,23,27)(H,24,26). The van der Waals surface area contributed by atoms with Crippen LogP contribution in [0.4, 0.5) is 25.8 Å². The van der Waals surface area contributed by atoms with Gasteiger partial charge in [0.05, 0.1) is 13.1 Å². The first-order chi connectivity index (χ1) is 12.9. The van der Waals surface area contributed by atoms with Crippen LogP contribution in [0.5, 0.6) is 0 Å². The van der Waals surface area contributed by atoms with E-state index in [1.165, 1.54) is 6.07 Å². The first-order valence-electron chi connectivity index (χ1n) is 8.58. The van der Waals surface area contributed by atoms with E-state index in [1.54, 1.807) is 0 Å². The van der Waals surface area contributed by atoms with Gasteiger partial charge in [0.2, 0.25) is 11.8 Å². The summed E-state index contributed by atoms with van der Waals surface area (Å²) in [5.41, 5.74) is 8.79. The Morgan fingerprint density at radius 1 is 1.11 bits per heavy atom. The monoisotopic (exact) mass is 374 g/mol. The van der Waals surface area contributed by atoms with Gasteiger partial charge in [0.25, 0.3) is 0 Å². The van der Waals surface area contributed by atoms with E-state index >= 15 is 0 Å². The predicted molar refractivity (Wildman–Crippen MR) is 99.4 cm³/mol. The Kier molecular flexibility index (Phi) is 5.54.